The van der Waals surface area contributed by atoms with Crippen molar-refractivity contribution >= 4 is 5.91 Å². The lowest BCUT2D eigenvalue weighted by molar-refractivity contribution is 0.0950. The Bertz CT molecular complexity index is 674. The summed E-state index contributed by atoms with van der Waals surface area (Å²) >= 11 is 0. The number of benzene rings is 1. The number of carbonyl (C=O) groups excluding carboxylic acids is 1. The lowest BCUT2D eigenvalue weighted by atomic mass is 10.1. The van der Waals surface area contributed by atoms with Gasteiger partial charge < -0.3 is 15.6 Å². The first-order valence-electron chi connectivity index (χ1n) is 6.22. The van der Waals surface area contributed by atoms with Gasteiger partial charge in [0.1, 0.15) is 5.82 Å². The molecule has 0 saturated heterocycles. The normalized spacial score (nSPS) is 9.81. The van der Waals surface area contributed by atoms with Gasteiger partial charge in [0.2, 0.25) is 6.39 Å². The number of amides is 1. The molecule has 1 aromatic carbocycles. The van der Waals surface area contributed by atoms with Crippen LogP contribution in [0, 0.1) is 17.7 Å². The van der Waals surface area contributed by atoms with Gasteiger partial charge in [-0.05, 0) is 18.2 Å². The van der Waals surface area contributed by atoms with Crippen molar-refractivity contribution < 1.29 is 13.7 Å². The molecule has 0 radical (unpaired) electrons. The van der Waals surface area contributed by atoms with Gasteiger partial charge in [-0.1, -0.05) is 17.0 Å². The summed E-state index contributed by atoms with van der Waals surface area (Å²) in [5.74, 6) is 4.74. The smallest absolute Gasteiger partial charge is 0.254 e. The van der Waals surface area contributed by atoms with Gasteiger partial charge >= 0.3 is 0 Å². The molecule has 0 aliphatic rings. The Hall–Kier alpha value is -2.72. The molecule has 2 aromatic rings. The van der Waals surface area contributed by atoms with Gasteiger partial charge in [-0.25, -0.2) is 4.39 Å². The van der Waals surface area contributed by atoms with Gasteiger partial charge in [0.05, 0.1) is 12.1 Å². The van der Waals surface area contributed by atoms with Crippen LogP contribution in [0.15, 0.2) is 29.1 Å². The van der Waals surface area contributed by atoms with E-state index in [1.165, 1.54) is 24.6 Å². The molecular weight excluding hydrogens is 275 g/mol. The van der Waals surface area contributed by atoms with Crippen molar-refractivity contribution in [3.63, 3.8) is 0 Å². The number of hydrogen-bond donors (Lipinski definition) is 2. The summed E-state index contributed by atoms with van der Waals surface area (Å²) in [6.45, 7) is 0.472. The quantitative estimate of drug-likeness (QED) is 0.799. The highest BCUT2D eigenvalue weighted by Crippen LogP contribution is 2.10. The van der Waals surface area contributed by atoms with E-state index in [9.17, 15) is 9.18 Å². The summed E-state index contributed by atoms with van der Waals surface area (Å²) in [5.41, 5.74) is 5.74. The number of nitrogens with one attached hydrogen (secondary N) is 1. The van der Waals surface area contributed by atoms with Crippen LogP contribution in [0.5, 0.6) is 0 Å². The molecule has 7 heteroatoms. The summed E-state index contributed by atoms with van der Waals surface area (Å²) in [7, 11) is 0. The topological polar surface area (TPSA) is 94.0 Å². The zero-order valence-electron chi connectivity index (χ0n) is 11.1. The number of aromatic nitrogens is 2. The molecular formula is C14H13FN4O2. The second-order valence-corrected chi connectivity index (χ2v) is 4.05. The van der Waals surface area contributed by atoms with Crippen molar-refractivity contribution in [2.24, 2.45) is 5.73 Å². The van der Waals surface area contributed by atoms with Crippen LogP contribution < -0.4 is 11.1 Å². The van der Waals surface area contributed by atoms with Crippen LogP contribution in [0.4, 0.5) is 4.39 Å². The van der Waals surface area contributed by atoms with Crippen LogP contribution in [-0.2, 0) is 6.42 Å². The molecule has 108 valence electrons. The molecule has 0 atom stereocenters. The van der Waals surface area contributed by atoms with E-state index in [-0.39, 0.29) is 18.7 Å². The van der Waals surface area contributed by atoms with Crippen LogP contribution in [-0.4, -0.2) is 29.1 Å². The van der Waals surface area contributed by atoms with E-state index in [0.29, 0.717) is 17.8 Å². The Morgan fingerprint density at radius 2 is 2.33 bits per heavy atom. The van der Waals surface area contributed by atoms with Crippen LogP contribution in [0.3, 0.4) is 0 Å². The van der Waals surface area contributed by atoms with Crippen molar-refractivity contribution in [2.45, 2.75) is 6.42 Å². The maximum atomic E-state index is 13.7. The molecule has 0 aliphatic heterocycles. The highest BCUT2D eigenvalue weighted by Gasteiger charge is 2.12. The average Bonchev–Trinajstić information content (AvgIpc) is 2.99. The van der Waals surface area contributed by atoms with Crippen LogP contribution in [0.25, 0.3) is 0 Å². The van der Waals surface area contributed by atoms with Gasteiger partial charge in [0, 0.05) is 18.5 Å². The highest BCUT2D eigenvalue weighted by molar-refractivity contribution is 5.94. The molecule has 0 fully saturated rings. The number of hydrogen-bond acceptors (Lipinski definition) is 5. The second-order valence-electron chi connectivity index (χ2n) is 4.05. The molecule has 1 aromatic heterocycles. The van der Waals surface area contributed by atoms with Gasteiger partial charge in [0.25, 0.3) is 5.91 Å². The third-order valence-corrected chi connectivity index (χ3v) is 2.59. The van der Waals surface area contributed by atoms with E-state index < -0.39 is 11.7 Å². The predicted molar refractivity (Wildman–Crippen MR) is 72.7 cm³/mol. The van der Waals surface area contributed by atoms with E-state index in [2.05, 4.69) is 31.8 Å². The lowest BCUT2D eigenvalue weighted by Crippen LogP contribution is -2.26. The maximum Gasteiger partial charge on any atom is 0.254 e. The SMILES string of the molecule is NCC#Cc1ccc(F)c(C(=O)NCCc2ncon2)c1. The number of rotatable bonds is 4. The van der Waals surface area contributed by atoms with Crippen molar-refractivity contribution in [1.29, 1.82) is 0 Å². The lowest BCUT2D eigenvalue weighted by Gasteiger charge is -2.05. The molecule has 6 nitrogen and oxygen atoms in total. The Balaban J connectivity index is 2.00. The Labute approximate surface area is 120 Å². The van der Waals surface area contributed by atoms with Crippen molar-refractivity contribution in [2.75, 3.05) is 13.1 Å². The second kappa shape index (κ2) is 7.17. The molecule has 0 aliphatic carbocycles. The summed E-state index contributed by atoms with van der Waals surface area (Å²) < 4.78 is 18.2. The fourth-order valence-electron chi connectivity index (χ4n) is 1.62. The maximum absolute atomic E-state index is 13.7. The van der Waals surface area contributed by atoms with Crippen LogP contribution in [0.1, 0.15) is 21.7 Å². The van der Waals surface area contributed by atoms with E-state index >= 15 is 0 Å². The zero-order valence-corrected chi connectivity index (χ0v) is 11.1. The molecule has 0 unspecified atom stereocenters. The van der Waals surface area contributed by atoms with Crippen molar-refractivity contribution in [1.82, 2.24) is 15.5 Å². The fraction of sp³-hybridized carbons (Fsp3) is 0.214. The van der Waals surface area contributed by atoms with E-state index in [0.717, 1.165) is 0 Å². The number of nitrogens with zero attached hydrogens (tertiary/aromatic N) is 2. The molecule has 2 rings (SSSR count). The standard InChI is InChI=1S/C14H13FN4O2/c15-12-4-3-10(2-1-6-16)8-11(12)14(20)17-7-5-13-18-9-21-19-13/h3-4,8-9H,5-7,16H2,(H,17,20). The van der Waals surface area contributed by atoms with Gasteiger partial charge in [-0.3, -0.25) is 4.79 Å². The summed E-state index contributed by atoms with van der Waals surface area (Å²) in [5, 5.41) is 6.20. The van der Waals surface area contributed by atoms with Crippen LogP contribution >= 0.6 is 0 Å². The highest BCUT2D eigenvalue weighted by atomic mass is 19.1. The molecule has 3 N–H and O–H groups in total. The molecule has 21 heavy (non-hydrogen) atoms. The molecule has 0 spiro atoms. The van der Waals surface area contributed by atoms with Crippen molar-refractivity contribution in [3.05, 3.63) is 47.4 Å². The Morgan fingerprint density at radius 1 is 1.48 bits per heavy atom. The number of carbonyl (C=O) groups is 1. The summed E-state index contributed by atoms with van der Waals surface area (Å²) in [6.07, 6.45) is 1.60. The average molecular weight is 288 g/mol. The molecule has 0 bridgehead atoms. The first-order valence-corrected chi connectivity index (χ1v) is 6.22. The van der Waals surface area contributed by atoms with Gasteiger partial charge in [0.15, 0.2) is 5.82 Å². The molecule has 1 heterocycles. The van der Waals surface area contributed by atoms with E-state index in [1.807, 2.05) is 0 Å². The monoisotopic (exact) mass is 288 g/mol. The van der Waals surface area contributed by atoms with Crippen molar-refractivity contribution in [3.8, 4) is 11.8 Å². The third kappa shape index (κ3) is 4.12. The number of halogens is 1. The summed E-state index contributed by atoms with van der Waals surface area (Å²) in [6, 6.07) is 4.09. The number of nitrogens with two attached hydrogens (primary N) is 1. The molecule has 1 amide bonds. The summed E-state index contributed by atoms with van der Waals surface area (Å²) in [4.78, 5) is 15.7. The third-order valence-electron chi connectivity index (χ3n) is 2.59. The first-order chi connectivity index (χ1) is 10.2. The minimum atomic E-state index is -0.606. The van der Waals surface area contributed by atoms with Crippen LogP contribution in [0.2, 0.25) is 0 Å². The fourth-order valence-corrected chi connectivity index (χ4v) is 1.62. The van der Waals surface area contributed by atoms with Gasteiger partial charge in [-0.15, -0.1) is 0 Å². The predicted octanol–water partition coefficient (Wildman–Crippen LogP) is 0.491. The minimum absolute atomic E-state index is 0.0630. The van der Waals surface area contributed by atoms with E-state index in [4.69, 9.17) is 5.73 Å². The molecule has 0 saturated carbocycles. The Morgan fingerprint density at radius 3 is 3.05 bits per heavy atom. The largest absolute Gasteiger partial charge is 0.351 e. The van der Waals surface area contributed by atoms with E-state index in [1.54, 1.807) is 0 Å². The van der Waals surface area contributed by atoms with Gasteiger partial charge in [-0.2, -0.15) is 4.98 Å². The minimum Gasteiger partial charge on any atom is -0.351 e. The Kier molecular flexibility index (Phi) is 5.01. The zero-order chi connectivity index (χ0) is 15.1. The first kappa shape index (κ1) is 14.7.